The third kappa shape index (κ3) is 3.40. The second-order valence-electron chi connectivity index (χ2n) is 4.93. The van der Waals surface area contributed by atoms with E-state index in [1.54, 1.807) is 12.1 Å². The van der Waals surface area contributed by atoms with Crippen molar-refractivity contribution in [2.45, 2.75) is 0 Å². The Morgan fingerprint density at radius 3 is 2.46 bits per heavy atom. The van der Waals surface area contributed by atoms with Gasteiger partial charge in [-0.3, -0.25) is 4.79 Å². The Balaban J connectivity index is 2.10. The van der Waals surface area contributed by atoms with Crippen molar-refractivity contribution < 1.29 is 10.2 Å². The van der Waals surface area contributed by atoms with E-state index in [0.29, 0.717) is 25.5 Å². The van der Waals surface area contributed by atoms with Crippen LogP contribution in [0.5, 0.6) is 5.75 Å². The minimum absolute atomic E-state index is 0.0267. The maximum Gasteiger partial charge on any atom is 0.274 e. The number of rotatable bonds is 2. The average Bonchev–Trinajstić information content (AvgIpc) is 2.53. The molecule has 122 valence electrons. The smallest absolute Gasteiger partial charge is 0.274 e. The van der Waals surface area contributed by atoms with Gasteiger partial charge in [-0.05, 0) is 62.2 Å². The molecule has 1 aromatic heterocycles. The molecule has 0 aliphatic rings. The van der Waals surface area contributed by atoms with Crippen LogP contribution in [0.3, 0.4) is 0 Å². The standard InChI is InChI=1S/C16H9Br3N2O3/c17-8-1-2-11-12(5-8)21-16(24)13(20-11)6-14(22)7-3-9(18)15(23)10(19)4-7/h1-6,22-23H,(H,21,24). The summed E-state index contributed by atoms with van der Waals surface area (Å²) < 4.78 is 1.66. The molecule has 1 heterocycles. The second kappa shape index (κ2) is 6.70. The number of aromatic hydroxyl groups is 1. The Morgan fingerprint density at radius 2 is 1.79 bits per heavy atom. The fourth-order valence-corrected chi connectivity index (χ4v) is 3.64. The van der Waals surface area contributed by atoms with Gasteiger partial charge in [0.15, 0.2) is 0 Å². The van der Waals surface area contributed by atoms with Crippen molar-refractivity contribution in [3.63, 3.8) is 0 Å². The van der Waals surface area contributed by atoms with E-state index in [2.05, 4.69) is 57.8 Å². The van der Waals surface area contributed by atoms with Gasteiger partial charge in [0.25, 0.3) is 5.56 Å². The first-order valence-corrected chi connectivity index (χ1v) is 9.01. The predicted octanol–water partition coefficient (Wildman–Crippen LogP) is 4.97. The van der Waals surface area contributed by atoms with E-state index in [4.69, 9.17) is 0 Å². The Kier molecular flexibility index (Phi) is 4.80. The molecular formula is C16H9Br3N2O3. The maximum absolute atomic E-state index is 12.2. The number of phenolic OH excluding ortho intramolecular Hbond substituents is 1. The molecule has 0 amide bonds. The van der Waals surface area contributed by atoms with Crippen LogP contribution in [0, 0.1) is 0 Å². The van der Waals surface area contributed by atoms with Crippen LogP contribution in [0.2, 0.25) is 0 Å². The van der Waals surface area contributed by atoms with Gasteiger partial charge < -0.3 is 15.2 Å². The highest BCUT2D eigenvalue weighted by molar-refractivity contribution is 9.11. The first kappa shape index (κ1) is 17.2. The minimum atomic E-state index is -0.413. The molecule has 0 bridgehead atoms. The summed E-state index contributed by atoms with van der Waals surface area (Å²) in [5, 5.41) is 20.0. The third-order valence-corrected chi connectivity index (χ3v) is 4.97. The van der Waals surface area contributed by atoms with Crippen molar-refractivity contribution >= 4 is 70.7 Å². The molecule has 8 heteroatoms. The highest BCUT2D eigenvalue weighted by atomic mass is 79.9. The molecule has 0 fully saturated rings. The number of aliphatic hydroxyl groups is 1. The number of benzene rings is 2. The lowest BCUT2D eigenvalue weighted by atomic mass is 10.1. The molecule has 0 aliphatic carbocycles. The fourth-order valence-electron chi connectivity index (χ4n) is 2.10. The summed E-state index contributed by atoms with van der Waals surface area (Å²) in [7, 11) is 0. The van der Waals surface area contributed by atoms with Crippen molar-refractivity contribution in [3.05, 3.63) is 65.4 Å². The van der Waals surface area contributed by atoms with Crippen molar-refractivity contribution in [1.29, 1.82) is 0 Å². The van der Waals surface area contributed by atoms with Gasteiger partial charge in [-0.25, -0.2) is 4.98 Å². The van der Waals surface area contributed by atoms with Crippen molar-refractivity contribution in [3.8, 4) is 5.75 Å². The van der Waals surface area contributed by atoms with Gasteiger partial charge in [0.05, 0.1) is 20.0 Å². The second-order valence-corrected chi connectivity index (χ2v) is 7.56. The lowest BCUT2D eigenvalue weighted by molar-refractivity contribution is 0.468. The van der Waals surface area contributed by atoms with Gasteiger partial charge in [0.1, 0.15) is 17.2 Å². The Hall–Kier alpha value is -1.64. The SMILES string of the molecule is O=c1[nH]c2cc(Br)ccc2nc1C=C(O)c1cc(Br)c(O)c(Br)c1. The van der Waals surface area contributed by atoms with Crippen LogP contribution in [0.25, 0.3) is 22.9 Å². The van der Waals surface area contributed by atoms with E-state index in [1.807, 2.05) is 6.07 Å². The van der Waals surface area contributed by atoms with Gasteiger partial charge in [0.2, 0.25) is 0 Å². The number of nitrogens with zero attached hydrogens (tertiary/aromatic N) is 1. The summed E-state index contributed by atoms with van der Waals surface area (Å²) in [6, 6.07) is 8.41. The lowest BCUT2D eigenvalue weighted by Crippen LogP contribution is -2.12. The number of phenols is 1. The van der Waals surface area contributed by atoms with Gasteiger partial charge in [0, 0.05) is 16.1 Å². The van der Waals surface area contributed by atoms with Crippen LogP contribution >= 0.6 is 47.8 Å². The molecule has 3 rings (SSSR count). The van der Waals surface area contributed by atoms with Crippen molar-refractivity contribution in [2.75, 3.05) is 0 Å². The Labute approximate surface area is 161 Å². The highest BCUT2D eigenvalue weighted by Crippen LogP contribution is 2.35. The largest absolute Gasteiger partial charge is 0.507 e. The van der Waals surface area contributed by atoms with E-state index >= 15 is 0 Å². The minimum Gasteiger partial charge on any atom is -0.507 e. The van der Waals surface area contributed by atoms with E-state index in [9.17, 15) is 15.0 Å². The van der Waals surface area contributed by atoms with Gasteiger partial charge in [-0.2, -0.15) is 0 Å². The molecule has 0 radical (unpaired) electrons. The van der Waals surface area contributed by atoms with Crippen LogP contribution in [-0.2, 0) is 0 Å². The van der Waals surface area contributed by atoms with Crippen LogP contribution in [0.1, 0.15) is 11.3 Å². The highest BCUT2D eigenvalue weighted by Gasteiger charge is 2.10. The zero-order valence-corrected chi connectivity index (χ0v) is 16.6. The summed E-state index contributed by atoms with van der Waals surface area (Å²) in [6.07, 6.45) is 1.28. The summed E-state index contributed by atoms with van der Waals surface area (Å²) in [6.45, 7) is 0. The first-order valence-electron chi connectivity index (χ1n) is 6.64. The molecule has 2 aromatic carbocycles. The fraction of sp³-hybridized carbons (Fsp3) is 0. The number of nitrogens with one attached hydrogen (secondary N) is 1. The zero-order chi connectivity index (χ0) is 17.4. The van der Waals surface area contributed by atoms with Crippen molar-refractivity contribution in [1.82, 2.24) is 9.97 Å². The number of H-pyrrole nitrogens is 1. The Morgan fingerprint density at radius 1 is 1.12 bits per heavy atom. The van der Waals surface area contributed by atoms with E-state index in [0.717, 1.165) is 4.47 Å². The summed E-state index contributed by atoms with van der Waals surface area (Å²) >= 11 is 9.73. The quantitative estimate of drug-likeness (QED) is 0.420. The normalized spacial score (nSPS) is 11.9. The van der Waals surface area contributed by atoms with Crippen LogP contribution in [-0.4, -0.2) is 20.2 Å². The number of aliphatic hydroxyl groups excluding tert-OH is 1. The van der Waals surface area contributed by atoms with Gasteiger partial charge in [-0.1, -0.05) is 15.9 Å². The number of hydrogen-bond acceptors (Lipinski definition) is 4. The molecule has 24 heavy (non-hydrogen) atoms. The number of hydrogen-bond donors (Lipinski definition) is 3. The molecule has 0 atom stereocenters. The van der Waals surface area contributed by atoms with E-state index in [1.165, 1.54) is 18.2 Å². The molecule has 0 unspecified atom stereocenters. The van der Waals surface area contributed by atoms with Crippen LogP contribution in [0.4, 0.5) is 0 Å². The van der Waals surface area contributed by atoms with Crippen molar-refractivity contribution in [2.24, 2.45) is 0 Å². The molecular weight excluding hydrogens is 508 g/mol. The van der Waals surface area contributed by atoms with E-state index < -0.39 is 5.56 Å². The summed E-state index contributed by atoms with van der Waals surface area (Å²) in [5.74, 6) is -0.121. The van der Waals surface area contributed by atoms with Crippen LogP contribution in [0.15, 0.2) is 48.5 Å². The van der Waals surface area contributed by atoms with Crippen LogP contribution < -0.4 is 5.56 Å². The van der Waals surface area contributed by atoms with E-state index in [-0.39, 0.29) is 17.2 Å². The molecule has 5 nitrogen and oxygen atoms in total. The third-order valence-electron chi connectivity index (χ3n) is 3.27. The first-order chi connectivity index (χ1) is 11.3. The zero-order valence-electron chi connectivity index (χ0n) is 11.8. The molecule has 3 aromatic rings. The molecule has 3 N–H and O–H groups in total. The topological polar surface area (TPSA) is 86.2 Å². The number of aromatic amines is 1. The number of aromatic nitrogens is 2. The van der Waals surface area contributed by atoms with Gasteiger partial charge in [-0.15, -0.1) is 0 Å². The van der Waals surface area contributed by atoms with Gasteiger partial charge >= 0.3 is 0 Å². The molecule has 0 spiro atoms. The molecule has 0 saturated heterocycles. The Bertz CT molecular complexity index is 1020. The maximum atomic E-state index is 12.2. The predicted molar refractivity (Wildman–Crippen MR) is 104 cm³/mol. The summed E-state index contributed by atoms with van der Waals surface area (Å²) in [4.78, 5) is 19.1. The monoisotopic (exact) mass is 514 g/mol. The summed E-state index contributed by atoms with van der Waals surface area (Å²) in [5.41, 5.74) is 1.29. The molecule has 0 saturated carbocycles. The number of halogens is 3. The number of fused-ring (bicyclic) bond motifs is 1. The molecule has 0 aliphatic heterocycles. The average molecular weight is 517 g/mol. The lowest BCUT2D eigenvalue weighted by Gasteiger charge is -2.06.